The maximum Gasteiger partial charge on any atom is 0.0461 e. The first-order chi connectivity index (χ1) is 20.8. The van der Waals surface area contributed by atoms with Crippen molar-refractivity contribution in [2.24, 2.45) is 0 Å². The summed E-state index contributed by atoms with van der Waals surface area (Å²) in [6.07, 6.45) is 0. The summed E-state index contributed by atoms with van der Waals surface area (Å²) in [5, 5.41) is 0. The minimum atomic E-state index is 0.838. The van der Waals surface area contributed by atoms with Crippen molar-refractivity contribution < 1.29 is 0 Å². The van der Waals surface area contributed by atoms with Crippen LogP contribution < -0.4 is 22.1 Å². The summed E-state index contributed by atoms with van der Waals surface area (Å²) in [7, 11) is 0. The fraction of sp³-hybridized carbons (Fsp3) is 0.0769. The van der Waals surface area contributed by atoms with Crippen molar-refractivity contribution in [3.63, 3.8) is 0 Å². The summed E-state index contributed by atoms with van der Waals surface area (Å²) in [5.41, 5.74) is 26.0. The van der Waals surface area contributed by atoms with Crippen molar-refractivity contribution in [3.8, 4) is 0 Å². The van der Waals surface area contributed by atoms with Crippen molar-refractivity contribution in [2.45, 2.75) is 20.8 Å². The minimum Gasteiger partial charge on any atom is -0.399 e. The first-order valence-corrected chi connectivity index (χ1v) is 14.2. The van der Waals surface area contributed by atoms with Gasteiger partial charge in [-0.1, -0.05) is 91.0 Å². The van der Waals surface area contributed by atoms with Gasteiger partial charge in [-0.05, 0) is 110 Å². The van der Waals surface area contributed by atoms with Crippen molar-refractivity contribution >= 4 is 34.1 Å². The molecule has 0 atom stereocenters. The van der Waals surface area contributed by atoms with E-state index in [0.29, 0.717) is 0 Å². The number of nitrogen functional groups attached to an aromatic ring is 3. The van der Waals surface area contributed by atoms with Crippen LogP contribution in [0.15, 0.2) is 164 Å². The van der Waals surface area contributed by atoms with E-state index in [1.165, 1.54) is 33.8 Å². The Hall–Kier alpha value is -5.48. The van der Waals surface area contributed by atoms with Crippen LogP contribution in [0.2, 0.25) is 0 Å². The molecule has 0 saturated carbocycles. The third-order valence-electron chi connectivity index (χ3n) is 6.17. The van der Waals surface area contributed by atoms with E-state index in [-0.39, 0.29) is 0 Å². The number of nitrogens with two attached hydrogens (primary N) is 3. The van der Waals surface area contributed by atoms with Gasteiger partial charge in [-0.15, -0.1) is 0 Å². The molecule has 6 aromatic rings. The van der Waals surface area contributed by atoms with Gasteiger partial charge >= 0.3 is 0 Å². The Morgan fingerprint density at radius 3 is 0.767 bits per heavy atom. The highest BCUT2D eigenvalue weighted by atomic mass is 15.1. The van der Waals surface area contributed by atoms with Gasteiger partial charge in [0.15, 0.2) is 0 Å². The van der Waals surface area contributed by atoms with E-state index in [1.54, 1.807) is 0 Å². The van der Waals surface area contributed by atoms with E-state index in [1.807, 2.05) is 112 Å². The zero-order valence-corrected chi connectivity index (χ0v) is 25.3. The van der Waals surface area contributed by atoms with Gasteiger partial charge in [-0.25, -0.2) is 0 Å². The molecule has 6 aromatic carbocycles. The Bertz CT molecular complexity index is 1370. The van der Waals surface area contributed by atoms with Gasteiger partial charge < -0.3 is 22.1 Å². The predicted molar refractivity (Wildman–Crippen MR) is 188 cm³/mol. The van der Waals surface area contributed by atoms with Crippen LogP contribution in [0.4, 0.5) is 34.1 Å². The molecule has 0 aliphatic carbocycles. The van der Waals surface area contributed by atoms with E-state index in [2.05, 4.69) is 77.7 Å². The van der Waals surface area contributed by atoms with E-state index >= 15 is 0 Å². The predicted octanol–water partition coefficient (Wildman–Crippen LogP) is 9.89. The highest BCUT2D eigenvalue weighted by Gasteiger charge is 2.10. The minimum absolute atomic E-state index is 0.838. The number of hydrogen-bond donors (Lipinski definition) is 3. The molecular weight excluding hydrogens is 524 g/mol. The van der Waals surface area contributed by atoms with Crippen LogP contribution in [0.1, 0.15) is 16.7 Å². The molecule has 218 valence electrons. The van der Waals surface area contributed by atoms with Gasteiger partial charge in [-0.3, -0.25) is 0 Å². The molecule has 0 unspecified atom stereocenters. The average molecular weight is 567 g/mol. The molecule has 0 aliphatic heterocycles. The molecule has 6 N–H and O–H groups in total. The average Bonchev–Trinajstić information content (AvgIpc) is 3.00. The van der Waals surface area contributed by atoms with Crippen LogP contribution in [0, 0.1) is 20.8 Å². The zero-order chi connectivity index (χ0) is 30.9. The molecule has 0 heterocycles. The monoisotopic (exact) mass is 566 g/mol. The van der Waals surface area contributed by atoms with Crippen molar-refractivity contribution in [1.82, 2.24) is 0 Å². The van der Waals surface area contributed by atoms with E-state index in [9.17, 15) is 0 Å². The lowest BCUT2D eigenvalue weighted by molar-refractivity contribution is 1.28. The molecule has 0 amide bonds. The zero-order valence-electron chi connectivity index (χ0n) is 25.3. The largest absolute Gasteiger partial charge is 0.399 e. The standard InChI is InChI=1S/C18H15N.3C7H9N/c1-4-10-16(11-5-1)19(17-12-6-2-7-13-17)18-14-8-3-9-15-18;3*1-6-3-2-4-7(8)5-6/h1-15H;3*2-5H,8H2,1H3. The number of anilines is 6. The molecule has 0 bridgehead atoms. The van der Waals surface area contributed by atoms with E-state index in [4.69, 9.17) is 17.2 Å². The van der Waals surface area contributed by atoms with Gasteiger partial charge in [0.05, 0.1) is 0 Å². The maximum absolute atomic E-state index is 5.46. The summed E-state index contributed by atoms with van der Waals surface area (Å²) < 4.78 is 0. The van der Waals surface area contributed by atoms with Gasteiger partial charge in [0.1, 0.15) is 0 Å². The van der Waals surface area contributed by atoms with Gasteiger partial charge in [0.2, 0.25) is 0 Å². The second kappa shape index (κ2) is 17.4. The normalized spacial score (nSPS) is 9.56. The highest BCUT2D eigenvalue weighted by Crippen LogP contribution is 2.33. The van der Waals surface area contributed by atoms with Gasteiger partial charge in [0.25, 0.3) is 0 Å². The van der Waals surface area contributed by atoms with Crippen molar-refractivity contribution in [2.75, 3.05) is 22.1 Å². The maximum atomic E-state index is 5.46. The number of hydrogen-bond acceptors (Lipinski definition) is 4. The molecule has 0 aromatic heterocycles. The SMILES string of the molecule is Cc1cccc(N)c1.Cc1cccc(N)c1.Cc1cccc(N)c1.c1ccc(N(c2ccccc2)c2ccccc2)cc1. The molecule has 0 radical (unpaired) electrons. The topological polar surface area (TPSA) is 81.3 Å². The summed E-state index contributed by atoms with van der Waals surface area (Å²) in [5.74, 6) is 0. The third kappa shape index (κ3) is 11.9. The lowest BCUT2D eigenvalue weighted by atomic mass is 10.2. The first kappa shape index (κ1) is 32.0. The molecular formula is C39H42N4. The number of aryl methyl sites for hydroxylation is 3. The van der Waals surface area contributed by atoms with Crippen molar-refractivity contribution in [3.05, 3.63) is 180 Å². The van der Waals surface area contributed by atoms with Gasteiger partial charge in [-0.2, -0.15) is 0 Å². The molecule has 0 spiro atoms. The van der Waals surface area contributed by atoms with Crippen LogP contribution in [0.3, 0.4) is 0 Å². The third-order valence-corrected chi connectivity index (χ3v) is 6.17. The molecule has 0 saturated heterocycles. The summed E-state index contributed by atoms with van der Waals surface area (Å²) in [6.45, 7) is 6.07. The second-order valence-electron chi connectivity index (χ2n) is 10.1. The second-order valence-corrected chi connectivity index (χ2v) is 10.1. The Balaban J connectivity index is 0.000000176. The van der Waals surface area contributed by atoms with E-state index < -0.39 is 0 Å². The molecule has 0 fully saturated rings. The smallest absolute Gasteiger partial charge is 0.0461 e. The molecule has 4 heteroatoms. The Morgan fingerprint density at radius 1 is 0.326 bits per heavy atom. The van der Waals surface area contributed by atoms with E-state index in [0.717, 1.165) is 17.1 Å². The summed E-state index contributed by atoms with van der Waals surface area (Å²) >= 11 is 0. The van der Waals surface area contributed by atoms with Gasteiger partial charge in [0, 0.05) is 34.1 Å². The fourth-order valence-corrected chi connectivity index (χ4v) is 4.19. The number of nitrogens with zero attached hydrogens (tertiary/aromatic N) is 1. The molecule has 43 heavy (non-hydrogen) atoms. The van der Waals surface area contributed by atoms with Crippen molar-refractivity contribution in [1.29, 1.82) is 0 Å². The molecule has 6 rings (SSSR count). The summed E-state index contributed by atoms with van der Waals surface area (Å²) in [6, 6.07) is 54.6. The summed E-state index contributed by atoms with van der Waals surface area (Å²) in [4.78, 5) is 2.25. The number of para-hydroxylation sites is 3. The van der Waals surface area contributed by atoms with Crippen LogP contribution >= 0.6 is 0 Å². The Morgan fingerprint density at radius 2 is 0.581 bits per heavy atom. The lowest BCUT2D eigenvalue weighted by Crippen LogP contribution is -2.09. The Labute approximate surface area is 257 Å². The molecule has 0 aliphatic rings. The quantitative estimate of drug-likeness (QED) is 0.186. The first-order valence-electron chi connectivity index (χ1n) is 14.2. The molecule has 4 nitrogen and oxygen atoms in total. The lowest BCUT2D eigenvalue weighted by Gasteiger charge is -2.25. The fourth-order valence-electron chi connectivity index (χ4n) is 4.19. The van der Waals surface area contributed by atoms with Crippen LogP contribution in [-0.4, -0.2) is 0 Å². The Kier molecular flexibility index (Phi) is 12.9. The number of rotatable bonds is 3. The number of benzene rings is 6. The van der Waals surface area contributed by atoms with Crippen LogP contribution in [0.5, 0.6) is 0 Å². The van der Waals surface area contributed by atoms with Crippen LogP contribution in [0.25, 0.3) is 0 Å². The van der Waals surface area contributed by atoms with Crippen LogP contribution in [-0.2, 0) is 0 Å². The highest BCUT2D eigenvalue weighted by molar-refractivity contribution is 5.76.